The number of aryl methyl sites for hydroxylation is 2. The quantitative estimate of drug-likeness (QED) is 0.828. The van der Waals surface area contributed by atoms with Crippen LogP contribution in [0.3, 0.4) is 0 Å². The van der Waals surface area contributed by atoms with Crippen molar-refractivity contribution in [1.82, 2.24) is 5.16 Å². The summed E-state index contributed by atoms with van der Waals surface area (Å²) >= 11 is 5.03. The van der Waals surface area contributed by atoms with Crippen LogP contribution in [0, 0.1) is 13.8 Å². The lowest BCUT2D eigenvalue weighted by atomic mass is 10.1. The molecule has 0 spiro atoms. The summed E-state index contributed by atoms with van der Waals surface area (Å²) in [6, 6.07) is 7.82. The van der Waals surface area contributed by atoms with Crippen molar-refractivity contribution in [2.75, 3.05) is 5.32 Å². The number of rotatable bonds is 4. The molecule has 0 bridgehead atoms. The predicted molar refractivity (Wildman–Crippen MR) is 75.6 cm³/mol. The molecule has 0 fully saturated rings. The van der Waals surface area contributed by atoms with Gasteiger partial charge in [-0.2, -0.15) is 0 Å². The molecule has 2 aromatic rings. The number of benzene rings is 1. The van der Waals surface area contributed by atoms with Crippen molar-refractivity contribution in [1.29, 1.82) is 0 Å². The lowest BCUT2D eigenvalue weighted by Crippen LogP contribution is -2.13. The van der Waals surface area contributed by atoms with Crippen LogP contribution in [0.2, 0.25) is 0 Å². The van der Waals surface area contributed by atoms with Gasteiger partial charge in [-0.05, 0) is 31.5 Å². The van der Waals surface area contributed by atoms with E-state index in [4.69, 9.17) is 22.5 Å². The highest BCUT2D eigenvalue weighted by molar-refractivity contribution is 7.80. The van der Waals surface area contributed by atoms with Gasteiger partial charge in [0.25, 0.3) is 0 Å². The van der Waals surface area contributed by atoms with E-state index in [-0.39, 0.29) is 0 Å². The first-order valence-corrected chi connectivity index (χ1v) is 6.03. The van der Waals surface area contributed by atoms with Crippen LogP contribution in [0.15, 0.2) is 28.8 Å². The van der Waals surface area contributed by atoms with Crippen molar-refractivity contribution >= 4 is 22.9 Å². The minimum atomic E-state index is 0.383. The molecule has 4 nitrogen and oxygen atoms in total. The number of anilines is 1. The molecule has 2 rings (SSSR count). The van der Waals surface area contributed by atoms with Gasteiger partial charge in [0.15, 0.2) is 0 Å². The summed E-state index contributed by atoms with van der Waals surface area (Å²) in [5, 5.41) is 7.20. The smallest absolute Gasteiger partial charge is 0.133 e. The van der Waals surface area contributed by atoms with Crippen LogP contribution in [-0.2, 0) is 6.54 Å². The Kier molecular flexibility index (Phi) is 3.62. The maximum atomic E-state index is 5.70. The number of nitrogens with two attached hydrogens (primary N) is 1. The average Bonchev–Trinajstić information content (AvgIpc) is 2.72. The van der Waals surface area contributed by atoms with Crippen LogP contribution in [0.1, 0.15) is 22.6 Å². The van der Waals surface area contributed by atoms with E-state index in [1.165, 1.54) is 0 Å². The second-order valence-electron chi connectivity index (χ2n) is 4.20. The van der Waals surface area contributed by atoms with E-state index in [0.717, 1.165) is 28.3 Å². The van der Waals surface area contributed by atoms with Crippen molar-refractivity contribution in [2.45, 2.75) is 20.4 Å². The normalized spacial score (nSPS) is 10.3. The molecule has 3 N–H and O–H groups in total. The van der Waals surface area contributed by atoms with E-state index in [1.54, 1.807) is 0 Å². The Balaban J connectivity index is 2.17. The Hall–Kier alpha value is -1.88. The van der Waals surface area contributed by atoms with E-state index < -0.39 is 0 Å². The fourth-order valence-corrected chi connectivity index (χ4v) is 1.88. The Bertz CT molecular complexity index is 577. The molecular weight excluding hydrogens is 246 g/mol. The highest BCUT2D eigenvalue weighted by Gasteiger charge is 2.06. The van der Waals surface area contributed by atoms with Crippen molar-refractivity contribution in [3.63, 3.8) is 0 Å². The van der Waals surface area contributed by atoms with Gasteiger partial charge in [-0.3, -0.25) is 0 Å². The summed E-state index contributed by atoms with van der Waals surface area (Å²) in [6.45, 7) is 4.47. The van der Waals surface area contributed by atoms with Crippen LogP contribution in [0.25, 0.3) is 0 Å². The van der Waals surface area contributed by atoms with Crippen LogP contribution in [0.5, 0.6) is 0 Å². The number of nitrogens with one attached hydrogen (secondary N) is 1. The topological polar surface area (TPSA) is 64.1 Å². The zero-order valence-corrected chi connectivity index (χ0v) is 11.2. The Morgan fingerprint density at radius 2 is 2.17 bits per heavy atom. The third-order valence-electron chi connectivity index (χ3n) is 2.58. The summed E-state index contributed by atoms with van der Waals surface area (Å²) in [5.74, 6) is 0.797. The number of nitrogens with zero attached hydrogens (tertiary/aromatic N) is 1. The zero-order valence-electron chi connectivity index (χ0n) is 10.4. The van der Waals surface area contributed by atoms with E-state index in [0.29, 0.717) is 11.5 Å². The molecule has 0 radical (unpaired) electrons. The van der Waals surface area contributed by atoms with Crippen molar-refractivity contribution in [2.24, 2.45) is 5.73 Å². The van der Waals surface area contributed by atoms with Crippen molar-refractivity contribution in [3.8, 4) is 0 Å². The minimum absolute atomic E-state index is 0.383. The average molecular weight is 261 g/mol. The molecule has 1 heterocycles. The first-order chi connectivity index (χ1) is 8.56. The lowest BCUT2D eigenvalue weighted by molar-refractivity contribution is 0.391. The maximum absolute atomic E-state index is 5.70. The molecular formula is C13H15N3OS. The van der Waals surface area contributed by atoms with E-state index in [1.807, 2.05) is 38.1 Å². The molecule has 0 aliphatic rings. The summed E-state index contributed by atoms with van der Waals surface area (Å²) in [5.41, 5.74) is 9.45. The molecule has 0 amide bonds. The molecule has 1 aromatic heterocycles. The zero-order chi connectivity index (χ0) is 13.1. The van der Waals surface area contributed by atoms with Crippen molar-refractivity contribution in [3.05, 3.63) is 46.8 Å². The molecule has 0 aliphatic carbocycles. The van der Waals surface area contributed by atoms with Gasteiger partial charge in [0.1, 0.15) is 16.4 Å². The fourth-order valence-electron chi connectivity index (χ4n) is 1.71. The second-order valence-corrected chi connectivity index (χ2v) is 4.64. The summed E-state index contributed by atoms with van der Waals surface area (Å²) < 4.78 is 5.01. The Labute approximate surface area is 111 Å². The monoisotopic (exact) mass is 261 g/mol. The molecule has 0 saturated carbocycles. The van der Waals surface area contributed by atoms with E-state index in [2.05, 4.69) is 10.5 Å². The largest absolute Gasteiger partial charge is 0.389 e. The molecule has 0 atom stereocenters. The molecule has 0 saturated heterocycles. The Morgan fingerprint density at radius 3 is 2.78 bits per heavy atom. The summed E-state index contributed by atoms with van der Waals surface area (Å²) in [4.78, 5) is 0.383. The van der Waals surface area contributed by atoms with Crippen LogP contribution >= 0.6 is 12.2 Å². The van der Waals surface area contributed by atoms with E-state index >= 15 is 0 Å². The van der Waals surface area contributed by atoms with Gasteiger partial charge >= 0.3 is 0 Å². The molecule has 18 heavy (non-hydrogen) atoms. The fraction of sp³-hybridized carbons (Fsp3) is 0.231. The molecule has 1 aromatic carbocycles. The third kappa shape index (κ3) is 2.87. The third-order valence-corrected chi connectivity index (χ3v) is 2.80. The minimum Gasteiger partial charge on any atom is -0.389 e. The van der Waals surface area contributed by atoms with Crippen molar-refractivity contribution < 1.29 is 4.52 Å². The highest BCUT2D eigenvalue weighted by atomic mass is 32.1. The standard InChI is InChI=1S/C13H15N3OS/c1-8-3-4-11(13(14)18)12(5-8)15-7-10-6-9(2)17-16-10/h3-6,15H,7H2,1-2H3,(H2,14,18). The molecule has 0 unspecified atom stereocenters. The van der Waals surface area contributed by atoms with Gasteiger partial charge < -0.3 is 15.6 Å². The summed E-state index contributed by atoms with van der Waals surface area (Å²) in [7, 11) is 0. The molecule has 5 heteroatoms. The first kappa shape index (κ1) is 12.6. The second kappa shape index (κ2) is 5.18. The van der Waals surface area contributed by atoms with Gasteiger partial charge in [-0.25, -0.2) is 0 Å². The molecule has 94 valence electrons. The molecule has 0 aliphatic heterocycles. The number of hydrogen-bond donors (Lipinski definition) is 2. The Morgan fingerprint density at radius 1 is 1.39 bits per heavy atom. The van der Waals surface area contributed by atoms with Crippen LogP contribution in [0.4, 0.5) is 5.69 Å². The first-order valence-electron chi connectivity index (χ1n) is 5.63. The number of aromatic nitrogens is 1. The van der Waals surface area contributed by atoms with Crippen LogP contribution in [-0.4, -0.2) is 10.1 Å². The van der Waals surface area contributed by atoms with Gasteiger partial charge in [0.2, 0.25) is 0 Å². The lowest BCUT2D eigenvalue weighted by Gasteiger charge is -2.10. The number of hydrogen-bond acceptors (Lipinski definition) is 4. The van der Waals surface area contributed by atoms with Gasteiger partial charge in [0.05, 0.1) is 6.54 Å². The predicted octanol–water partition coefficient (Wildman–Crippen LogP) is 2.54. The summed E-state index contributed by atoms with van der Waals surface area (Å²) in [6.07, 6.45) is 0. The SMILES string of the molecule is Cc1ccc(C(N)=S)c(NCc2cc(C)on2)c1. The van der Waals surface area contributed by atoms with Crippen LogP contribution < -0.4 is 11.1 Å². The van der Waals surface area contributed by atoms with E-state index in [9.17, 15) is 0 Å². The maximum Gasteiger partial charge on any atom is 0.133 e. The van der Waals surface area contributed by atoms with Gasteiger partial charge in [-0.15, -0.1) is 0 Å². The number of thiocarbonyl (C=S) groups is 1. The van der Waals surface area contributed by atoms with Gasteiger partial charge in [0, 0.05) is 17.3 Å². The van der Waals surface area contributed by atoms with Gasteiger partial charge in [-0.1, -0.05) is 23.4 Å². The highest BCUT2D eigenvalue weighted by Crippen LogP contribution is 2.18.